The molecule has 0 aliphatic carbocycles. The number of nitrogens with one attached hydrogen (secondary N) is 1. The summed E-state index contributed by atoms with van der Waals surface area (Å²) < 4.78 is 0. The van der Waals surface area contributed by atoms with Gasteiger partial charge >= 0.3 is 0 Å². The Morgan fingerprint density at radius 3 is 2.62 bits per heavy atom. The normalized spacial score (nSPS) is 12.2. The van der Waals surface area contributed by atoms with Crippen molar-refractivity contribution in [3.8, 4) is 0 Å². The maximum absolute atomic E-state index is 11.1. The van der Waals surface area contributed by atoms with Gasteiger partial charge in [-0.2, -0.15) is 0 Å². The van der Waals surface area contributed by atoms with Crippen molar-refractivity contribution in [3.05, 3.63) is 0 Å². The minimum absolute atomic E-state index is 0.0352. The maximum atomic E-state index is 11.1. The molecule has 0 heterocycles. The summed E-state index contributed by atoms with van der Waals surface area (Å²) in [5.74, 6) is -0.368. The van der Waals surface area contributed by atoms with Crippen molar-refractivity contribution in [2.45, 2.75) is 31.0 Å². The van der Waals surface area contributed by atoms with Gasteiger partial charge in [-0.3, -0.25) is 9.59 Å². The molecule has 2 amide bonds. The third-order valence-corrected chi connectivity index (χ3v) is 2.61. The van der Waals surface area contributed by atoms with Gasteiger partial charge in [0.05, 0.1) is 4.83 Å². The van der Waals surface area contributed by atoms with Gasteiger partial charge in [-0.05, 0) is 12.8 Å². The second-order valence-corrected chi connectivity index (χ2v) is 3.84. The van der Waals surface area contributed by atoms with Crippen molar-refractivity contribution >= 4 is 27.7 Å². The van der Waals surface area contributed by atoms with Crippen LogP contribution in [-0.2, 0) is 9.59 Å². The van der Waals surface area contributed by atoms with E-state index in [2.05, 4.69) is 21.2 Å². The van der Waals surface area contributed by atoms with E-state index in [-0.39, 0.29) is 16.6 Å². The highest BCUT2D eigenvalue weighted by Gasteiger charge is 2.10. The zero-order valence-electron chi connectivity index (χ0n) is 7.68. The first-order valence-corrected chi connectivity index (χ1v) is 5.19. The Balaban J connectivity index is 3.42. The Morgan fingerprint density at radius 2 is 2.15 bits per heavy atom. The molecule has 0 aromatic carbocycles. The molecule has 0 fully saturated rings. The van der Waals surface area contributed by atoms with Crippen LogP contribution in [0.2, 0.25) is 0 Å². The lowest BCUT2D eigenvalue weighted by atomic mass is 10.3. The molecule has 0 aromatic heterocycles. The molecule has 0 aliphatic rings. The molecule has 0 radical (unpaired) electrons. The van der Waals surface area contributed by atoms with Gasteiger partial charge in [-0.25, -0.2) is 0 Å². The van der Waals surface area contributed by atoms with Crippen molar-refractivity contribution in [1.82, 2.24) is 5.32 Å². The molecule has 0 bridgehead atoms. The van der Waals surface area contributed by atoms with Crippen LogP contribution in [0.4, 0.5) is 0 Å². The fraction of sp³-hybridized carbons (Fsp3) is 0.750. The first-order valence-electron chi connectivity index (χ1n) is 4.28. The van der Waals surface area contributed by atoms with E-state index in [0.29, 0.717) is 19.4 Å². The van der Waals surface area contributed by atoms with Gasteiger partial charge < -0.3 is 11.1 Å². The van der Waals surface area contributed by atoms with Crippen LogP contribution in [0.25, 0.3) is 0 Å². The molecule has 0 rings (SSSR count). The van der Waals surface area contributed by atoms with Crippen LogP contribution in [-0.4, -0.2) is 23.2 Å². The number of rotatable bonds is 6. The highest BCUT2D eigenvalue weighted by Crippen LogP contribution is 2.03. The Morgan fingerprint density at radius 1 is 1.54 bits per heavy atom. The number of hydrogen-bond acceptors (Lipinski definition) is 2. The van der Waals surface area contributed by atoms with Crippen LogP contribution in [0, 0.1) is 0 Å². The fourth-order valence-corrected chi connectivity index (χ4v) is 0.932. The predicted molar refractivity (Wildman–Crippen MR) is 54.4 cm³/mol. The summed E-state index contributed by atoms with van der Waals surface area (Å²) in [7, 11) is 0. The van der Waals surface area contributed by atoms with E-state index in [4.69, 9.17) is 5.73 Å². The van der Waals surface area contributed by atoms with Crippen molar-refractivity contribution < 1.29 is 9.59 Å². The summed E-state index contributed by atoms with van der Waals surface area (Å²) in [5, 5.41) is 2.70. The summed E-state index contributed by atoms with van der Waals surface area (Å²) in [5.41, 5.74) is 4.93. The molecule has 13 heavy (non-hydrogen) atoms. The minimum Gasteiger partial charge on any atom is -0.370 e. The highest BCUT2D eigenvalue weighted by atomic mass is 79.9. The van der Waals surface area contributed by atoms with Crippen LogP contribution >= 0.6 is 15.9 Å². The molecule has 4 nitrogen and oxygen atoms in total. The van der Waals surface area contributed by atoms with Gasteiger partial charge in [0.15, 0.2) is 0 Å². The summed E-state index contributed by atoms with van der Waals surface area (Å²) in [6, 6.07) is 0. The van der Waals surface area contributed by atoms with E-state index in [0.717, 1.165) is 6.42 Å². The Labute approximate surface area is 86.4 Å². The molecule has 76 valence electrons. The predicted octanol–water partition coefficient (Wildman–Crippen LogP) is 0.542. The fourth-order valence-electron chi connectivity index (χ4n) is 0.770. The summed E-state index contributed by atoms with van der Waals surface area (Å²) >= 11 is 3.22. The van der Waals surface area contributed by atoms with Crippen LogP contribution in [0.5, 0.6) is 0 Å². The first-order chi connectivity index (χ1) is 6.07. The molecule has 0 spiro atoms. The number of hydrogen-bond donors (Lipinski definition) is 2. The smallest absolute Gasteiger partial charge is 0.233 e. The van der Waals surface area contributed by atoms with Crippen molar-refractivity contribution in [1.29, 1.82) is 0 Å². The molecule has 5 heteroatoms. The summed E-state index contributed by atoms with van der Waals surface area (Å²) in [4.78, 5) is 21.3. The topological polar surface area (TPSA) is 72.2 Å². The molecule has 0 aromatic rings. The number of halogens is 1. The zero-order chi connectivity index (χ0) is 10.3. The minimum atomic E-state index is -0.333. The second-order valence-electron chi connectivity index (χ2n) is 2.74. The average molecular weight is 251 g/mol. The largest absolute Gasteiger partial charge is 0.370 e. The molecule has 1 atom stereocenters. The van der Waals surface area contributed by atoms with Gasteiger partial charge in [-0.15, -0.1) is 0 Å². The first kappa shape index (κ1) is 12.4. The average Bonchev–Trinajstić information content (AvgIpc) is 2.10. The summed E-state index contributed by atoms with van der Waals surface area (Å²) in [6.45, 7) is 2.42. The van der Waals surface area contributed by atoms with E-state index in [1.807, 2.05) is 6.92 Å². The van der Waals surface area contributed by atoms with Crippen LogP contribution < -0.4 is 11.1 Å². The van der Waals surface area contributed by atoms with E-state index in [9.17, 15) is 9.59 Å². The Bertz CT molecular complexity index is 185. The number of carbonyl (C=O) groups excluding carboxylic acids is 2. The molecule has 0 aliphatic heterocycles. The third-order valence-electron chi connectivity index (χ3n) is 1.54. The van der Waals surface area contributed by atoms with Crippen LogP contribution in [0.15, 0.2) is 0 Å². The summed E-state index contributed by atoms with van der Waals surface area (Å²) in [6.07, 6.45) is 1.67. The van der Waals surface area contributed by atoms with E-state index < -0.39 is 0 Å². The molecule has 3 N–H and O–H groups in total. The molecule has 0 saturated heterocycles. The maximum Gasteiger partial charge on any atom is 0.233 e. The van der Waals surface area contributed by atoms with E-state index >= 15 is 0 Å². The van der Waals surface area contributed by atoms with Crippen LogP contribution in [0.1, 0.15) is 26.2 Å². The van der Waals surface area contributed by atoms with Crippen molar-refractivity contribution in [3.63, 3.8) is 0 Å². The monoisotopic (exact) mass is 250 g/mol. The van der Waals surface area contributed by atoms with Gasteiger partial charge in [0.25, 0.3) is 0 Å². The Hall–Kier alpha value is -0.580. The van der Waals surface area contributed by atoms with Crippen molar-refractivity contribution in [2.24, 2.45) is 5.73 Å². The lowest BCUT2D eigenvalue weighted by molar-refractivity contribution is -0.121. The van der Waals surface area contributed by atoms with E-state index in [1.54, 1.807) is 0 Å². The number of alkyl halides is 1. The SMILES string of the molecule is CCC(Br)C(=O)NCCCC(N)=O. The van der Waals surface area contributed by atoms with Gasteiger partial charge in [-0.1, -0.05) is 22.9 Å². The van der Waals surface area contributed by atoms with E-state index in [1.165, 1.54) is 0 Å². The zero-order valence-corrected chi connectivity index (χ0v) is 9.26. The lowest BCUT2D eigenvalue weighted by Crippen LogP contribution is -2.31. The second kappa shape index (κ2) is 6.88. The number of carbonyl (C=O) groups is 2. The standard InChI is InChI=1S/C8H15BrN2O2/c1-2-6(9)8(13)11-5-3-4-7(10)12/h6H,2-5H2,1H3,(H2,10,12)(H,11,13). The van der Waals surface area contributed by atoms with Gasteiger partial charge in [0, 0.05) is 13.0 Å². The van der Waals surface area contributed by atoms with Gasteiger partial charge in [0.2, 0.25) is 11.8 Å². The van der Waals surface area contributed by atoms with Gasteiger partial charge in [0.1, 0.15) is 0 Å². The third kappa shape index (κ3) is 6.57. The number of nitrogens with two attached hydrogens (primary N) is 1. The highest BCUT2D eigenvalue weighted by molar-refractivity contribution is 9.10. The molecular formula is C8H15BrN2O2. The lowest BCUT2D eigenvalue weighted by Gasteiger charge is -2.07. The molecular weight excluding hydrogens is 236 g/mol. The Kier molecular flexibility index (Phi) is 6.58. The van der Waals surface area contributed by atoms with Crippen LogP contribution in [0.3, 0.4) is 0 Å². The van der Waals surface area contributed by atoms with Crippen molar-refractivity contribution in [2.75, 3.05) is 6.54 Å². The number of primary amides is 1. The molecule has 1 unspecified atom stereocenters. The number of amides is 2. The molecule has 0 saturated carbocycles. The quantitative estimate of drug-likeness (QED) is 0.534.